The summed E-state index contributed by atoms with van der Waals surface area (Å²) >= 11 is 0. The maximum absolute atomic E-state index is 12.5. The summed E-state index contributed by atoms with van der Waals surface area (Å²) in [5.74, 6) is -0.0140. The first-order valence-electron chi connectivity index (χ1n) is 35.1. The Balaban J connectivity index is 3.35. The Morgan fingerprint density at radius 2 is 0.649 bits per heavy atom. The third-order valence-corrected chi connectivity index (χ3v) is 16.5. The van der Waals surface area contributed by atoms with Gasteiger partial charge in [-0.15, -0.1) is 0 Å². The Morgan fingerprint density at radius 1 is 0.364 bits per heavy atom. The maximum Gasteiger partial charge on any atom is 0.305 e. The predicted molar refractivity (Wildman–Crippen MR) is 338 cm³/mol. The average Bonchev–Trinajstić information content (AvgIpc) is 3.43. The lowest BCUT2D eigenvalue weighted by Gasteiger charge is -2.22. The largest absolute Gasteiger partial charge is 0.466 e. The summed E-state index contributed by atoms with van der Waals surface area (Å²) < 4.78 is 5.49. The van der Waals surface area contributed by atoms with Crippen LogP contribution in [0.15, 0.2) is 24.3 Å². The first kappa shape index (κ1) is 75.3. The van der Waals surface area contributed by atoms with Crippen LogP contribution in [0.5, 0.6) is 0 Å². The number of amides is 1. The van der Waals surface area contributed by atoms with Gasteiger partial charge in [-0.1, -0.05) is 346 Å². The summed E-state index contributed by atoms with van der Waals surface area (Å²) in [5.41, 5.74) is 0. The molecule has 6 nitrogen and oxygen atoms in total. The minimum atomic E-state index is -0.661. The van der Waals surface area contributed by atoms with Crippen molar-refractivity contribution in [2.75, 3.05) is 13.2 Å². The molecule has 1 amide bonds. The predicted octanol–water partition coefficient (Wildman–Crippen LogP) is 22.5. The van der Waals surface area contributed by atoms with Crippen molar-refractivity contribution in [1.82, 2.24) is 5.32 Å². The summed E-state index contributed by atoms with van der Waals surface area (Å²) in [7, 11) is 0. The molecule has 0 saturated heterocycles. The van der Waals surface area contributed by atoms with Gasteiger partial charge in [-0.25, -0.2) is 0 Å². The standard InChI is InChI=1S/C71H137NO5/c1-3-5-7-9-11-13-15-17-37-41-45-49-53-57-61-65-71(76)77-66-62-58-54-50-46-42-39-36-34-32-30-28-26-24-22-20-18-19-21-23-25-27-29-31-33-35-38-40-44-48-52-56-60-64-70(75)72-68(67-73)69(74)63-59-55-51-47-43-16-14-12-10-8-6-4-2/h22,24,28,30,68-69,73-74H,3-21,23,25-27,29,31-67H2,1-2H3,(H,72,75)/b24-22-,30-28-. The first-order chi connectivity index (χ1) is 38.0. The highest BCUT2D eigenvalue weighted by atomic mass is 16.5. The lowest BCUT2D eigenvalue weighted by atomic mass is 10.0. The van der Waals surface area contributed by atoms with E-state index in [1.807, 2.05) is 0 Å². The number of rotatable bonds is 66. The fourth-order valence-electron chi connectivity index (χ4n) is 11.1. The zero-order valence-electron chi connectivity index (χ0n) is 52.2. The van der Waals surface area contributed by atoms with E-state index in [1.54, 1.807) is 0 Å². The molecule has 456 valence electrons. The number of unbranched alkanes of at least 4 members (excludes halogenated alkanes) is 51. The van der Waals surface area contributed by atoms with Crippen LogP contribution in [0.25, 0.3) is 0 Å². The van der Waals surface area contributed by atoms with Crippen LogP contribution in [0, 0.1) is 0 Å². The molecule has 0 fully saturated rings. The maximum atomic E-state index is 12.5. The van der Waals surface area contributed by atoms with E-state index in [9.17, 15) is 19.8 Å². The van der Waals surface area contributed by atoms with Gasteiger partial charge in [0.15, 0.2) is 0 Å². The van der Waals surface area contributed by atoms with Crippen LogP contribution in [-0.4, -0.2) is 47.4 Å². The lowest BCUT2D eigenvalue weighted by Crippen LogP contribution is -2.45. The quantitative estimate of drug-likeness (QED) is 0.0320. The average molecular weight is 1080 g/mol. The molecule has 0 aliphatic rings. The summed E-state index contributed by atoms with van der Waals surface area (Å²) in [4.78, 5) is 24.5. The number of aliphatic hydroxyl groups is 2. The zero-order valence-corrected chi connectivity index (χ0v) is 52.2. The number of carbonyl (C=O) groups excluding carboxylic acids is 2. The SMILES string of the molecule is CCCCCCCCCCCCCCCCCC(=O)OCCCCCCCCCCC/C=C\C/C=C\CCCCCCCCCCCCCCCCCCCC(=O)NC(CO)C(O)CCCCCCCCCCCCCC. The van der Waals surface area contributed by atoms with E-state index < -0.39 is 12.1 Å². The second-order valence-corrected chi connectivity index (χ2v) is 24.2. The van der Waals surface area contributed by atoms with Gasteiger partial charge < -0.3 is 20.3 Å². The van der Waals surface area contributed by atoms with E-state index in [1.165, 1.54) is 315 Å². The molecule has 0 aliphatic carbocycles. The Morgan fingerprint density at radius 3 is 0.987 bits per heavy atom. The minimum absolute atomic E-state index is 0.0177. The van der Waals surface area contributed by atoms with Crippen molar-refractivity contribution in [3.05, 3.63) is 24.3 Å². The molecule has 0 spiro atoms. The molecule has 3 N–H and O–H groups in total. The molecule has 0 aromatic heterocycles. The molecule has 0 aromatic rings. The Labute approximate surface area is 481 Å². The van der Waals surface area contributed by atoms with Crippen molar-refractivity contribution in [2.24, 2.45) is 0 Å². The molecule has 0 rings (SSSR count). The van der Waals surface area contributed by atoms with Crippen LogP contribution in [0.1, 0.15) is 393 Å². The number of aliphatic hydroxyl groups excluding tert-OH is 2. The number of hydrogen-bond donors (Lipinski definition) is 3. The number of hydrogen-bond acceptors (Lipinski definition) is 5. The molecule has 0 aromatic carbocycles. The highest BCUT2D eigenvalue weighted by Crippen LogP contribution is 2.19. The van der Waals surface area contributed by atoms with Crippen molar-refractivity contribution in [2.45, 2.75) is 405 Å². The number of carbonyl (C=O) groups is 2. The fourth-order valence-corrected chi connectivity index (χ4v) is 11.1. The first-order valence-corrected chi connectivity index (χ1v) is 35.1. The zero-order chi connectivity index (χ0) is 55.7. The molecule has 6 heteroatoms. The van der Waals surface area contributed by atoms with Crippen molar-refractivity contribution in [3.63, 3.8) is 0 Å². The van der Waals surface area contributed by atoms with Crippen molar-refractivity contribution in [1.29, 1.82) is 0 Å². The molecule has 2 atom stereocenters. The van der Waals surface area contributed by atoms with Gasteiger partial charge in [0.2, 0.25) is 5.91 Å². The Bertz CT molecular complexity index is 1200. The van der Waals surface area contributed by atoms with E-state index in [4.69, 9.17) is 4.74 Å². The molecule has 77 heavy (non-hydrogen) atoms. The molecular weight excluding hydrogens is 947 g/mol. The lowest BCUT2D eigenvalue weighted by molar-refractivity contribution is -0.143. The van der Waals surface area contributed by atoms with Crippen LogP contribution in [0.2, 0.25) is 0 Å². The molecule has 0 radical (unpaired) electrons. The number of nitrogens with one attached hydrogen (secondary N) is 1. The van der Waals surface area contributed by atoms with Gasteiger partial charge in [0.25, 0.3) is 0 Å². The minimum Gasteiger partial charge on any atom is -0.466 e. The van der Waals surface area contributed by atoms with Crippen LogP contribution in [-0.2, 0) is 14.3 Å². The van der Waals surface area contributed by atoms with Gasteiger partial charge >= 0.3 is 5.97 Å². The fraction of sp³-hybridized carbons (Fsp3) is 0.915. The molecule has 0 heterocycles. The molecular formula is C71H137NO5. The van der Waals surface area contributed by atoms with E-state index in [0.29, 0.717) is 25.9 Å². The van der Waals surface area contributed by atoms with Crippen molar-refractivity contribution in [3.8, 4) is 0 Å². The number of allylic oxidation sites excluding steroid dienone is 4. The second-order valence-electron chi connectivity index (χ2n) is 24.2. The van der Waals surface area contributed by atoms with Gasteiger partial charge in [0, 0.05) is 12.8 Å². The second kappa shape index (κ2) is 66.8. The molecule has 0 aliphatic heterocycles. The van der Waals surface area contributed by atoms with Gasteiger partial charge in [-0.2, -0.15) is 0 Å². The van der Waals surface area contributed by atoms with Gasteiger partial charge in [0.1, 0.15) is 0 Å². The Kier molecular flexibility index (Phi) is 65.4. The van der Waals surface area contributed by atoms with E-state index in [0.717, 1.165) is 44.9 Å². The summed E-state index contributed by atoms with van der Waals surface area (Å²) in [6.07, 6.45) is 83.8. The van der Waals surface area contributed by atoms with Crippen LogP contribution < -0.4 is 5.32 Å². The van der Waals surface area contributed by atoms with Crippen molar-refractivity contribution < 1.29 is 24.5 Å². The van der Waals surface area contributed by atoms with Gasteiger partial charge in [-0.3, -0.25) is 9.59 Å². The number of esters is 1. The van der Waals surface area contributed by atoms with Crippen molar-refractivity contribution >= 4 is 11.9 Å². The van der Waals surface area contributed by atoms with Gasteiger partial charge in [-0.05, 0) is 57.8 Å². The third kappa shape index (κ3) is 63.4. The Hall–Kier alpha value is -1.66. The highest BCUT2D eigenvalue weighted by molar-refractivity contribution is 5.76. The topological polar surface area (TPSA) is 95.9 Å². The van der Waals surface area contributed by atoms with Crippen LogP contribution in [0.3, 0.4) is 0 Å². The monoisotopic (exact) mass is 1080 g/mol. The van der Waals surface area contributed by atoms with E-state index >= 15 is 0 Å². The summed E-state index contributed by atoms with van der Waals surface area (Å²) in [6, 6.07) is -0.539. The van der Waals surface area contributed by atoms with E-state index in [2.05, 4.69) is 43.5 Å². The van der Waals surface area contributed by atoms with Crippen LogP contribution >= 0.6 is 0 Å². The number of ether oxygens (including phenoxy) is 1. The molecule has 2 unspecified atom stereocenters. The smallest absolute Gasteiger partial charge is 0.305 e. The summed E-state index contributed by atoms with van der Waals surface area (Å²) in [5, 5.41) is 23.3. The van der Waals surface area contributed by atoms with Gasteiger partial charge in [0.05, 0.1) is 25.4 Å². The molecule has 0 saturated carbocycles. The van der Waals surface area contributed by atoms with E-state index in [-0.39, 0.29) is 18.5 Å². The highest BCUT2D eigenvalue weighted by Gasteiger charge is 2.20. The van der Waals surface area contributed by atoms with Crippen LogP contribution in [0.4, 0.5) is 0 Å². The molecule has 0 bridgehead atoms. The third-order valence-electron chi connectivity index (χ3n) is 16.5. The normalized spacial score (nSPS) is 12.6. The summed E-state index contributed by atoms with van der Waals surface area (Å²) in [6.45, 7) is 4.98.